The molecule has 27 heavy (non-hydrogen) atoms. The molecular formula is C17H18ClFN4O4. The largest absolute Gasteiger partial charge is 0.465 e. The van der Waals surface area contributed by atoms with Gasteiger partial charge in [-0.25, -0.2) is 14.2 Å². The SMILES string of the molecule is NC(=O)CCCn1c(C(NC(=O)O)C2CC2)nc2c(Cl)cc(F)cc2c1=O. The fourth-order valence-electron chi connectivity index (χ4n) is 3.09. The molecule has 1 atom stereocenters. The van der Waals surface area contributed by atoms with Gasteiger partial charge < -0.3 is 16.2 Å². The number of nitrogens with two attached hydrogens (primary N) is 1. The smallest absolute Gasteiger partial charge is 0.405 e. The summed E-state index contributed by atoms with van der Waals surface area (Å²) in [5.41, 5.74) is 4.72. The minimum absolute atomic E-state index is 0.00654. The molecule has 2 aromatic rings. The summed E-state index contributed by atoms with van der Waals surface area (Å²) in [4.78, 5) is 39.6. The van der Waals surface area contributed by atoms with Gasteiger partial charge in [0.1, 0.15) is 11.6 Å². The first-order valence-electron chi connectivity index (χ1n) is 8.45. The van der Waals surface area contributed by atoms with Crippen molar-refractivity contribution in [1.82, 2.24) is 14.9 Å². The number of halogens is 2. The summed E-state index contributed by atoms with van der Waals surface area (Å²) in [6.45, 7) is 0.0959. The van der Waals surface area contributed by atoms with Crippen molar-refractivity contribution in [3.05, 3.63) is 39.2 Å². The van der Waals surface area contributed by atoms with Crippen molar-refractivity contribution in [2.24, 2.45) is 11.7 Å². The van der Waals surface area contributed by atoms with Crippen molar-refractivity contribution in [1.29, 1.82) is 0 Å². The molecule has 0 aliphatic heterocycles. The number of fused-ring (bicyclic) bond motifs is 1. The fourth-order valence-corrected chi connectivity index (χ4v) is 3.34. The molecule has 0 radical (unpaired) electrons. The molecule has 1 unspecified atom stereocenters. The molecule has 8 nitrogen and oxygen atoms in total. The first kappa shape index (κ1) is 19.1. The van der Waals surface area contributed by atoms with Gasteiger partial charge in [-0.1, -0.05) is 11.6 Å². The molecular weight excluding hydrogens is 379 g/mol. The van der Waals surface area contributed by atoms with Crippen LogP contribution in [0.25, 0.3) is 10.9 Å². The lowest BCUT2D eigenvalue weighted by molar-refractivity contribution is -0.118. The number of nitrogens with zero attached hydrogens (tertiary/aromatic N) is 2. The molecule has 1 aliphatic rings. The molecule has 1 saturated carbocycles. The number of primary amides is 1. The van der Waals surface area contributed by atoms with Crippen LogP contribution < -0.4 is 16.6 Å². The van der Waals surface area contributed by atoms with Crippen molar-refractivity contribution in [3.8, 4) is 0 Å². The quantitative estimate of drug-likeness (QED) is 0.660. The van der Waals surface area contributed by atoms with E-state index in [2.05, 4.69) is 10.3 Å². The molecule has 1 aliphatic carbocycles. The van der Waals surface area contributed by atoms with Crippen molar-refractivity contribution >= 4 is 34.5 Å². The summed E-state index contributed by atoms with van der Waals surface area (Å²) in [5.74, 6) is -0.984. The summed E-state index contributed by atoms with van der Waals surface area (Å²) in [5, 5.41) is 11.5. The monoisotopic (exact) mass is 396 g/mol. The summed E-state index contributed by atoms with van der Waals surface area (Å²) in [6, 6.07) is 1.39. The van der Waals surface area contributed by atoms with Crippen LogP contribution >= 0.6 is 11.6 Å². The Hall–Kier alpha value is -2.68. The average Bonchev–Trinajstić information content (AvgIpc) is 3.39. The number of carbonyl (C=O) groups excluding carboxylic acids is 1. The Morgan fingerprint density at radius 2 is 2.15 bits per heavy atom. The van der Waals surface area contributed by atoms with E-state index in [1.54, 1.807) is 0 Å². The maximum Gasteiger partial charge on any atom is 0.405 e. The standard InChI is InChI=1S/C17H18ClFN4O4/c18-11-7-9(19)6-10-14(11)21-15(13(8-3-4-8)22-17(26)27)23(16(10)25)5-1-2-12(20)24/h6-8,13,22H,1-5H2,(H2,20,24)(H,26,27). The van der Waals surface area contributed by atoms with E-state index < -0.39 is 29.4 Å². The van der Waals surface area contributed by atoms with Gasteiger partial charge in [-0.3, -0.25) is 14.2 Å². The number of rotatable bonds is 7. The normalized spacial score (nSPS) is 14.9. The third-order valence-electron chi connectivity index (χ3n) is 4.46. The highest BCUT2D eigenvalue weighted by molar-refractivity contribution is 6.35. The van der Waals surface area contributed by atoms with Crippen LogP contribution in [-0.4, -0.2) is 26.7 Å². The second-order valence-electron chi connectivity index (χ2n) is 6.55. The first-order chi connectivity index (χ1) is 12.8. The van der Waals surface area contributed by atoms with Gasteiger partial charge in [0.05, 0.1) is 22.0 Å². The Morgan fingerprint density at radius 3 is 2.74 bits per heavy atom. The minimum atomic E-state index is -1.24. The summed E-state index contributed by atoms with van der Waals surface area (Å²) < 4.78 is 15.0. The molecule has 2 amide bonds. The number of hydrogen-bond acceptors (Lipinski definition) is 4. The summed E-state index contributed by atoms with van der Waals surface area (Å²) >= 11 is 6.06. The number of carbonyl (C=O) groups is 2. The van der Waals surface area contributed by atoms with Crippen LogP contribution in [0.4, 0.5) is 9.18 Å². The van der Waals surface area contributed by atoms with Crippen LogP contribution in [0, 0.1) is 11.7 Å². The zero-order chi connectivity index (χ0) is 19.7. The predicted molar refractivity (Wildman–Crippen MR) is 96.0 cm³/mol. The van der Waals surface area contributed by atoms with Gasteiger partial charge in [-0.05, 0) is 37.3 Å². The van der Waals surface area contributed by atoms with E-state index in [4.69, 9.17) is 17.3 Å². The molecule has 3 rings (SSSR count). The van der Waals surface area contributed by atoms with Crippen LogP contribution in [-0.2, 0) is 11.3 Å². The van der Waals surface area contributed by atoms with E-state index in [0.29, 0.717) is 0 Å². The van der Waals surface area contributed by atoms with Crippen molar-refractivity contribution < 1.29 is 19.1 Å². The number of nitrogens with one attached hydrogen (secondary N) is 1. The zero-order valence-electron chi connectivity index (χ0n) is 14.2. The lowest BCUT2D eigenvalue weighted by atomic mass is 10.1. The Morgan fingerprint density at radius 1 is 1.44 bits per heavy atom. The first-order valence-corrected chi connectivity index (χ1v) is 8.83. The van der Waals surface area contributed by atoms with Gasteiger partial charge in [0.25, 0.3) is 5.56 Å². The Labute approximate surface area is 158 Å². The van der Waals surface area contributed by atoms with Gasteiger partial charge in [-0.15, -0.1) is 0 Å². The lowest BCUT2D eigenvalue weighted by Gasteiger charge is -2.21. The topological polar surface area (TPSA) is 127 Å². The molecule has 0 spiro atoms. The zero-order valence-corrected chi connectivity index (χ0v) is 15.0. The highest BCUT2D eigenvalue weighted by atomic mass is 35.5. The summed E-state index contributed by atoms with van der Waals surface area (Å²) in [7, 11) is 0. The Balaban J connectivity index is 2.17. The fraction of sp³-hybridized carbons (Fsp3) is 0.412. The second-order valence-corrected chi connectivity index (χ2v) is 6.95. The highest BCUT2D eigenvalue weighted by Crippen LogP contribution is 2.40. The average molecular weight is 397 g/mol. The van der Waals surface area contributed by atoms with Crippen LogP contribution in [0.5, 0.6) is 0 Å². The highest BCUT2D eigenvalue weighted by Gasteiger charge is 2.37. The number of hydrogen-bond donors (Lipinski definition) is 3. The van der Waals surface area contributed by atoms with E-state index in [9.17, 15) is 23.9 Å². The number of carboxylic acid groups (broad SMARTS) is 1. The molecule has 0 saturated heterocycles. The van der Waals surface area contributed by atoms with Crippen molar-refractivity contribution in [2.75, 3.05) is 0 Å². The Bertz CT molecular complexity index is 974. The van der Waals surface area contributed by atoms with Crippen LogP contribution in [0.2, 0.25) is 5.02 Å². The molecule has 1 fully saturated rings. The van der Waals surface area contributed by atoms with Gasteiger partial charge in [0.2, 0.25) is 5.91 Å². The minimum Gasteiger partial charge on any atom is -0.465 e. The van der Waals surface area contributed by atoms with E-state index in [1.165, 1.54) is 4.57 Å². The van der Waals surface area contributed by atoms with E-state index >= 15 is 0 Å². The molecule has 4 N–H and O–H groups in total. The molecule has 1 heterocycles. The third kappa shape index (κ3) is 4.19. The van der Waals surface area contributed by atoms with E-state index in [1.807, 2.05) is 0 Å². The van der Waals surface area contributed by atoms with E-state index in [-0.39, 0.29) is 47.1 Å². The second kappa shape index (κ2) is 7.51. The van der Waals surface area contributed by atoms with Crippen molar-refractivity contribution in [3.63, 3.8) is 0 Å². The molecule has 0 bridgehead atoms. The molecule has 1 aromatic carbocycles. The molecule has 1 aromatic heterocycles. The van der Waals surface area contributed by atoms with Crippen LogP contribution in [0.15, 0.2) is 16.9 Å². The molecule has 144 valence electrons. The number of amides is 2. The van der Waals surface area contributed by atoms with Crippen LogP contribution in [0.3, 0.4) is 0 Å². The van der Waals surface area contributed by atoms with Gasteiger partial charge in [-0.2, -0.15) is 0 Å². The third-order valence-corrected chi connectivity index (χ3v) is 4.75. The maximum atomic E-state index is 13.7. The van der Waals surface area contributed by atoms with Crippen molar-refractivity contribution in [2.45, 2.75) is 38.3 Å². The lowest BCUT2D eigenvalue weighted by Crippen LogP contribution is -2.36. The van der Waals surface area contributed by atoms with Gasteiger partial charge in [0, 0.05) is 13.0 Å². The maximum absolute atomic E-state index is 13.7. The van der Waals surface area contributed by atoms with Gasteiger partial charge in [0.15, 0.2) is 0 Å². The van der Waals surface area contributed by atoms with Gasteiger partial charge >= 0.3 is 6.09 Å². The predicted octanol–water partition coefficient (Wildman–Crippen LogP) is 2.17. The van der Waals surface area contributed by atoms with E-state index in [0.717, 1.165) is 25.0 Å². The number of benzene rings is 1. The number of aromatic nitrogens is 2. The van der Waals surface area contributed by atoms with Crippen LogP contribution in [0.1, 0.15) is 37.5 Å². The summed E-state index contributed by atoms with van der Waals surface area (Å²) in [6.07, 6.45) is 0.654. The molecule has 10 heteroatoms. The Kier molecular flexibility index (Phi) is 5.31.